The summed E-state index contributed by atoms with van der Waals surface area (Å²) in [6.07, 6.45) is 3.20. The fourth-order valence-electron chi connectivity index (χ4n) is 0.557. The molecule has 1 aliphatic heterocycles. The third-order valence-electron chi connectivity index (χ3n) is 1.05. The minimum Gasteiger partial charge on any atom is -0.382 e. The minimum atomic E-state index is -0.101. The predicted molar refractivity (Wildman–Crippen MR) is 31.0 cm³/mol. The SMILES string of the molecule is CC1=CC=C(F)CN1. The molecule has 8 heavy (non-hydrogen) atoms. The molecule has 1 N–H and O–H groups in total. The third kappa shape index (κ3) is 1.09. The summed E-state index contributed by atoms with van der Waals surface area (Å²) in [5.74, 6) is -0.101. The number of nitrogens with one attached hydrogen (secondary N) is 1. The van der Waals surface area contributed by atoms with Crippen LogP contribution in [0.5, 0.6) is 0 Å². The van der Waals surface area contributed by atoms with Gasteiger partial charge in [-0.1, -0.05) is 0 Å². The lowest BCUT2D eigenvalue weighted by Crippen LogP contribution is -2.15. The van der Waals surface area contributed by atoms with Gasteiger partial charge in [-0.2, -0.15) is 0 Å². The van der Waals surface area contributed by atoms with Gasteiger partial charge >= 0.3 is 0 Å². The highest BCUT2D eigenvalue weighted by Gasteiger charge is 1.97. The first-order valence-electron chi connectivity index (χ1n) is 2.56. The Morgan fingerprint density at radius 1 is 1.62 bits per heavy atom. The van der Waals surface area contributed by atoms with E-state index in [1.54, 1.807) is 6.08 Å². The number of hydrogen-bond donors (Lipinski definition) is 1. The molecule has 0 atom stereocenters. The Labute approximate surface area is 47.9 Å². The largest absolute Gasteiger partial charge is 0.382 e. The van der Waals surface area contributed by atoms with E-state index in [9.17, 15) is 4.39 Å². The van der Waals surface area contributed by atoms with Crippen LogP contribution in [0.3, 0.4) is 0 Å². The molecule has 0 saturated heterocycles. The molecule has 0 bridgehead atoms. The quantitative estimate of drug-likeness (QED) is 0.500. The second kappa shape index (κ2) is 1.99. The molecule has 0 saturated carbocycles. The summed E-state index contributed by atoms with van der Waals surface area (Å²) in [7, 11) is 0. The molecule has 0 aliphatic carbocycles. The van der Waals surface area contributed by atoms with Gasteiger partial charge in [-0.05, 0) is 19.1 Å². The second-order valence-corrected chi connectivity index (χ2v) is 1.82. The van der Waals surface area contributed by atoms with Crippen molar-refractivity contribution >= 4 is 0 Å². The van der Waals surface area contributed by atoms with Gasteiger partial charge in [0.05, 0.1) is 6.54 Å². The standard InChI is InChI=1S/C6H8FN/c1-5-2-3-6(7)4-8-5/h2-3,8H,4H2,1H3. The molecule has 0 spiro atoms. The number of dihydropyridines is 1. The van der Waals surface area contributed by atoms with E-state index in [0.29, 0.717) is 6.54 Å². The number of allylic oxidation sites excluding steroid dienone is 3. The Hall–Kier alpha value is -0.790. The maximum absolute atomic E-state index is 12.1. The minimum absolute atomic E-state index is 0.101. The van der Waals surface area contributed by atoms with Crippen molar-refractivity contribution < 1.29 is 4.39 Å². The first kappa shape index (κ1) is 5.35. The van der Waals surface area contributed by atoms with Crippen molar-refractivity contribution in [1.29, 1.82) is 0 Å². The van der Waals surface area contributed by atoms with Crippen LogP contribution in [0.2, 0.25) is 0 Å². The molecule has 0 amide bonds. The smallest absolute Gasteiger partial charge is 0.119 e. The van der Waals surface area contributed by atoms with Crippen LogP contribution in [0, 0.1) is 0 Å². The Balaban J connectivity index is 2.65. The lowest BCUT2D eigenvalue weighted by molar-refractivity contribution is 0.586. The van der Waals surface area contributed by atoms with E-state index < -0.39 is 0 Å². The predicted octanol–water partition coefficient (Wildman–Crippen LogP) is 1.35. The lowest BCUT2D eigenvalue weighted by Gasteiger charge is -2.07. The molecule has 0 unspecified atom stereocenters. The van der Waals surface area contributed by atoms with Gasteiger partial charge in [0.15, 0.2) is 0 Å². The van der Waals surface area contributed by atoms with Crippen molar-refractivity contribution in [1.82, 2.24) is 5.32 Å². The number of hydrogen-bond acceptors (Lipinski definition) is 1. The first-order chi connectivity index (χ1) is 3.79. The molecule has 1 aliphatic rings. The van der Waals surface area contributed by atoms with E-state index in [0.717, 1.165) is 5.70 Å². The molecular formula is C6H8FN. The zero-order valence-corrected chi connectivity index (χ0v) is 4.74. The van der Waals surface area contributed by atoms with Crippen molar-refractivity contribution in [3.05, 3.63) is 23.7 Å². The van der Waals surface area contributed by atoms with Crippen LogP contribution in [0.15, 0.2) is 23.7 Å². The van der Waals surface area contributed by atoms with E-state index in [1.165, 1.54) is 6.08 Å². The van der Waals surface area contributed by atoms with Crippen LogP contribution in [-0.2, 0) is 0 Å². The summed E-state index contributed by atoms with van der Waals surface area (Å²) in [5, 5.41) is 2.85. The van der Waals surface area contributed by atoms with Crippen LogP contribution in [0.25, 0.3) is 0 Å². The van der Waals surface area contributed by atoms with Gasteiger partial charge in [0, 0.05) is 5.70 Å². The second-order valence-electron chi connectivity index (χ2n) is 1.82. The highest BCUT2D eigenvalue weighted by atomic mass is 19.1. The van der Waals surface area contributed by atoms with Crippen LogP contribution in [-0.4, -0.2) is 6.54 Å². The monoisotopic (exact) mass is 113 g/mol. The van der Waals surface area contributed by atoms with Crippen molar-refractivity contribution in [2.75, 3.05) is 6.54 Å². The van der Waals surface area contributed by atoms with Gasteiger partial charge in [0.25, 0.3) is 0 Å². The van der Waals surface area contributed by atoms with E-state index in [-0.39, 0.29) is 5.83 Å². The fourth-order valence-corrected chi connectivity index (χ4v) is 0.557. The van der Waals surface area contributed by atoms with Gasteiger partial charge in [-0.15, -0.1) is 0 Å². The Bertz CT molecular complexity index is 129. The fraction of sp³-hybridized carbons (Fsp3) is 0.333. The highest BCUT2D eigenvalue weighted by molar-refractivity contribution is 5.18. The van der Waals surface area contributed by atoms with E-state index in [1.807, 2.05) is 6.92 Å². The molecule has 0 aromatic carbocycles. The summed E-state index contributed by atoms with van der Waals surface area (Å²) in [6, 6.07) is 0. The van der Waals surface area contributed by atoms with E-state index in [2.05, 4.69) is 5.32 Å². The summed E-state index contributed by atoms with van der Waals surface area (Å²) in [5.41, 5.74) is 1.02. The molecule has 0 aromatic rings. The third-order valence-corrected chi connectivity index (χ3v) is 1.05. The molecule has 0 aromatic heterocycles. The summed E-state index contributed by atoms with van der Waals surface area (Å²) < 4.78 is 12.1. The van der Waals surface area contributed by atoms with Gasteiger partial charge in [0.2, 0.25) is 0 Å². The van der Waals surface area contributed by atoms with Crippen LogP contribution < -0.4 is 5.32 Å². The van der Waals surface area contributed by atoms with Crippen molar-refractivity contribution in [3.63, 3.8) is 0 Å². The van der Waals surface area contributed by atoms with E-state index in [4.69, 9.17) is 0 Å². The van der Waals surface area contributed by atoms with Crippen molar-refractivity contribution in [2.45, 2.75) is 6.92 Å². The average molecular weight is 113 g/mol. The topological polar surface area (TPSA) is 12.0 Å². The zero-order chi connectivity index (χ0) is 5.98. The zero-order valence-electron chi connectivity index (χ0n) is 4.74. The van der Waals surface area contributed by atoms with Gasteiger partial charge < -0.3 is 5.32 Å². The Morgan fingerprint density at radius 2 is 2.38 bits per heavy atom. The number of halogens is 1. The Kier molecular flexibility index (Phi) is 1.33. The van der Waals surface area contributed by atoms with Gasteiger partial charge in [0.1, 0.15) is 5.83 Å². The molecule has 1 nitrogen and oxygen atoms in total. The molecule has 1 rings (SSSR count). The normalized spacial score (nSPS) is 18.8. The first-order valence-corrected chi connectivity index (χ1v) is 2.56. The van der Waals surface area contributed by atoms with Crippen LogP contribution in [0.4, 0.5) is 4.39 Å². The lowest BCUT2D eigenvalue weighted by atomic mass is 10.3. The van der Waals surface area contributed by atoms with E-state index >= 15 is 0 Å². The summed E-state index contributed by atoms with van der Waals surface area (Å²) >= 11 is 0. The maximum Gasteiger partial charge on any atom is 0.119 e. The van der Waals surface area contributed by atoms with Gasteiger partial charge in [-0.25, -0.2) is 4.39 Å². The van der Waals surface area contributed by atoms with Crippen LogP contribution >= 0.6 is 0 Å². The summed E-state index contributed by atoms with van der Waals surface area (Å²) in [6.45, 7) is 2.26. The number of rotatable bonds is 0. The molecule has 0 fully saturated rings. The average Bonchev–Trinajstić information content (AvgIpc) is 1.77. The van der Waals surface area contributed by atoms with Crippen LogP contribution in [0.1, 0.15) is 6.92 Å². The van der Waals surface area contributed by atoms with Crippen molar-refractivity contribution in [2.24, 2.45) is 0 Å². The maximum atomic E-state index is 12.1. The molecular weight excluding hydrogens is 105 g/mol. The molecule has 1 heterocycles. The molecule has 0 radical (unpaired) electrons. The molecule has 44 valence electrons. The van der Waals surface area contributed by atoms with Crippen molar-refractivity contribution in [3.8, 4) is 0 Å². The Morgan fingerprint density at radius 3 is 2.75 bits per heavy atom. The summed E-state index contributed by atoms with van der Waals surface area (Å²) in [4.78, 5) is 0. The van der Waals surface area contributed by atoms with Gasteiger partial charge in [-0.3, -0.25) is 0 Å². The molecule has 2 heteroatoms. The highest BCUT2D eigenvalue weighted by Crippen LogP contribution is 2.02.